The summed E-state index contributed by atoms with van der Waals surface area (Å²) in [6.45, 7) is -0.129. The standard InChI is InChI=1S/C8H9BrN4O3/c1-12(4-7(10)14)8-6(13(15)16)2-5(9)3-11-8/h2-3H,4H2,1H3,(H2,10,14). The van der Waals surface area contributed by atoms with Crippen molar-refractivity contribution in [2.24, 2.45) is 5.73 Å². The molecule has 1 rings (SSSR count). The van der Waals surface area contributed by atoms with Gasteiger partial charge in [0.15, 0.2) is 0 Å². The summed E-state index contributed by atoms with van der Waals surface area (Å²) in [7, 11) is 1.51. The fourth-order valence-electron chi connectivity index (χ4n) is 1.16. The van der Waals surface area contributed by atoms with E-state index in [1.165, 1.54) is 24.2 Å². The van der Waals surface area contributed by atoms with E-state index in [9.17, 15) is 14.9 Å². The Labute approximate surface area is 99.5 Å². The minimum absolute atomic E-state index is 0.104. The van der Waals surface area contributed by atoms with Crippen LogP contribution in [0.2, 0.25) is 0 Å². The van der Waals surface area contributed by atoms with Crippen LogP contribution in [0.5, 0.6) is 0 Å². The number of nitro groups is 1. The molecule has 0 spiro atoms. The van der Waals surface area contributed by atoms with Gasteiger partial charge < -0.3 is 10.6 Å². The van der Waals surface area contributed by atoms with Gasteiger partial charge in [0.25, 0.3) is 0 Å². The Morgan fingerprint density at radius 1 is 1.75 bits per heavy atom. The zero-order valence-corrected chi connectivity index (χ0v) is 9.97. The molecular formula is C8H9BrN4O3. The predicted octanol–water partition coefficient (Wildman–Crippen LogP) is 0.674. The van der Waals surface area contributed by atoms with Gasteiger partial charge in [0.2, 0.25) is 11.7 Å². The number of amides is 1. The first-order valence-electron chi connectivity index (χ1n) is 4.21. The van der Waals surface area contributed by atoms with E-state index in [1.54, 1.807) is 0 Å². The summed E-state index contributed by atoms with van der Waals surface area (Å²) >= 11 is 3.09. The van der Waals surface area contributed by atoms with E-state index < -0.39 is 10.8 Å². The SMILES string of the molecule is CN(CC(N)=O)c1ncc(Br)cc1[N+](=O)[O-]. The number of carbonyl (C=O) groups is 1. The first-order chi connectivity index (χ1) is 7.41. The minimum atomic E-state index is -0.582. The first kappa shape index (κ1) is 12.4. The summed E-state index contributed by atoms with van der Waals surface area (Å²) in [5, 5.41) is 10.8. The van der Waals surface area contributed by atoms with Gasteiger partial charge in [-0.15, -0.1) is 0 Å². The van der Waals surface area contributed by atoms with Crippen molar-refractivity contribution in [3.8, 4) is 0 Å². The van der Waals surface area contributed by atoms with E-state index in [4.69, 9.17) is 5.73 Å². The number of nitrogens with zero attached hydrogens (tertiary/aromatic N) is 3. The molecule has 0 saturated heterocycles. The number of aromatic nitrogens is 1. The van der Waals surface area contributed by atoms with Gasteiger partial charge in [-0.2, -0.15) is 0 Å². The molecule has 0 fully saturated rings. The maximum absolute atomic E-state index is 10.8. The third-order valence-electron chi connectivity index (χ3n) is 1.77. The lowest BCUT2D eigenvalue weighted by atomic mass is 10.3. The van der Waals surface area contributed by atoms with Crippen LogP contribution in [0.1, 0.15) is 0 Å². The van der Waals surface area contributed by atoms with Crippen LogP contribution in [0, 0.1) is 10.1 Å². The van der Waals surface area contributed by atoms with E-state index >= 15 is 0 Å². The maximum Gasteiger partial charge on any atom is 0.312 e. The lowest BCUT2D eigenvalue weighted by Crippen LogP contribution is -2.31. The Hall–Kier alpha value is -1.70. The smallest absolute Gasteiger partial charge is 0.312 e. The molecule has 0 unspecified atom stereocenters. The Morgan fingerprint density at radius 2 is 2.38 bits per heavy atom. The van der Waals surface area contributed by atoms with Crippen molar-refractivity contribution in [3.63, 3.8) is 0 Å². The van der Waals surface area contributed by atoms with Gasteiger partial charge in [-0.05, 0) is 15.9 Å². The fraction of sp³-hybridized carbons (Fsp3) is 0.250. The summed E-state index contributed by atoms with van der Waals surface area (Å²) in [6.07, 6.45) is 1.42. The summed E-state index contributed by atoms with van der Waals surface area (Å²) in [5.41, 5.74) is 4.82. The van der Waals surface area contributed by atoms with Crippen LogP contribution >= 0.6 is 15.9 Å². The zero-order chi connectivity index (χ0) is 12.3. The molecule has 16 heavy (non-hydrogen) atoms. The number of likely N-dealkylation sites (N-methyl/N-ethyl adjacent to an activating group) is 1. The Morgan fingerprint density at radius 3 is 2.88 bits per heavy atom. The van der Waals surface area contributed by atoms with Gasteiger partial charge in [-0.1, -0.05) is 0 Å². The number of halogens is 1. The van der Waals surface area contributed by atoms with Crippen LogP contribution in [0.4, 0.5) is 11.5 Å². The minimum Gasteiger partial charge on any atom is -0.368 e. The Balaban J connectivity index is 3.12. The molecule has 8 heteroatoms. The largest absolute Gasteiger partial charge is 0.368 e. The maximum atomic E-state index is 10.8. The molecule has 2 N–H and O–H groups in total. The molecule has 0 aromatic carbocycles. The van der Waals surface area contributed by atoms with Gasteiger partial charge in [0, 0.05) is 23.8 Å². The van der Waals surface area contributed by atoms with Crippen molar-refractivity contribution in [3.05, 3.63) is 26.9 Å². The molecule has 1 heterocycles. The topological polar surface area (TPSA) is 102 Å². The molecule has 0 radical (unpaired) electrons. The number of pyridine rings is 1. The number of anilines is 1. The number of hydrogen-bond acceptors (Lipinski definition) is 5. The summed E-state index contributed by atoms with van der Waals surface area (Å²) in [5.74, 6) is -0.478. The van der Waals surface area contributed by atoms with E-state index in [0.717, 1.165) is 0 Å². The second-order valence-electron chi connectivity index (χ2n) is 3.08. The normalized spacial score (nSPS) is 9.88. The van der Waals surface area contributed by atoms with Crippen LogP contribution in [-0.2, 0) is 4.79 Å². The zero-order valence-electron chi connectivity index (χ0n) is 8.38. The first-order valence-corrected chi connectivity index (χ1v) is 5.00. The van der Waals surface area contributed by atoms with E-state index in [0.29, 0.717) is 4.47 Å². The van der Waals surface area contributed by atoms with Crippen molar-refractivity contribution < 1.29 is 9.72 Å². The molecule has 7 nitrogen and oxygen atoms in total. The van der Waals surface area contributed by atoms with Crippen LogP contribution in [-0.4, -0.2) is 29.4 Å². The molecule has 0 saturated carbocycles. The third kappa shape index (κ3) is 2.89. The van der Waals surface area contributed by atoms with Crippen LogP contribution in [0.15, 0.2) is 16.7 Å². The van der Waals surface area contributed by atoms with Gasteiger partial charge in [0.1, 0.15) is 0 Å². The highest BCUT2D eigenvalue weighted by Gasteiger charge is 2.20. The second kappa shape index (κ2) is 4.88. The molecule has 0 aliphatic heterocycles. The van der Waals surface area contributed by atoms with Crippen LogP contribution in [0.3, 0.4) is 0 Å². The van der Waals surface area contributed by atoms with E-state index in [2.05, 4.69) is 20.9 Å². The van der Waals surface area contributed by atoms with Crippen molar-refractivity contribution in [1.82, 2.24) is 4.98 Å². The van der Waals surface area contributed by atoms with Gasteiger partial charge >= 0.3 is 5.69 Å². The molecule has 0 bridgehead atoms. The molecule has 86 valence electrons. The number of primary amides is 1. The number of rotatable bonds is 4. The lowest BCUT2D eigenvalue weighted by molar-refractivity contribution is -0.384. The van der Waals surface area contributed by atoms with Gasteiger partial charge in [0.05, 0.1) is 11.5 Å². The molecule has 1 amide bonds. The van der Waals surface area contributed by atoms with Gasteiger partial charge in [-0.3, -0.25) is 14.9 Å². The van der Waals surface area contributed by atoms with Crippen molar-refractivity contribution >= 4 is 33.3 Å². The Kier molecular flexibility index (Phi) is 3.78. The predicted molar refractivity (Wildman–Crippen MR) is 61.1 cm³/mol. The number of carbonyl (C=O) groups excluding carboxylic acids is 1. The quantitative estimate of drug-likeness (QED) is 0.648. The average Bonchev–Trinajstić information content (AvgIpc) is 2.16. The number of nitrogens with two attached hydrogens (primary N) is 1. The monoisotopic (exact) mass is 288 g/mol. The molecule has 0 atom stereocenters. The van der Waals surface area contributed by atoms with E-state index in [-0.39, 0.29) is 18.1 Å². The third-order valence-corrected chi connectivity index (χ3v) is 2.20. The van der Waals surface area contributed by atoms with Gasteiger partial charge in [-0.25, -0.2) is 4.98 Å². The molecule has 1 aromatic rings. The summed E-state index contributed by atoms with van der Waals surface area (Å²) < 4.78 is 0.496. The highest BCUT2D eigenvalue weighted by Crippen LogP contribution is 2.27. The van der Waals surface area contributed by atoms with Crippen molar-refractivity contribution in [2.75, 3.05) is 18.5 Å². The summed E-state index contributed by atoms with van der Waals surface area (Å²) in [6, 6.07) is 1.32. The number of hydrogen-bond donors (Lipinski definition) is 1. The van der Waals surface area contributed by atoms with E-state index in [1.807, 2.05) is 0 Å². The fourth-order valence-corrected chi connectivity index (χ4v) is 1.48. The van der Waals surface area contributed by atoms with Crippen LogP contribution in [0.25, 0.3) is 0 Å². The molecule has 1 aromatic heterocycles. The van der Waals surface area contributed by atoms with Crippen molar-refractivity contribution in [1.29, 1.82) is 0 Å². The summed E-state index contributed by atoms with van der Waals surface area (Å²) in [4.78, 5) is 26.1. The highest BCUT2D eigenvalue weighted by atomic mass is 79.9. The molecule has 0 aliphatic carbocycles. The Bertz CT molecular complexity index is 437. The highest BCUT2D eigenvalue weighted by molar-refractivity contribution is 9.10. The second-order valence-corrected chi connectivity index (χ2v) is 3.99. The average molecular weight is 289 g/mol. The molecule has 0 aliphatic rings. The van der Waals surface area contributed by atoms with Crippen molar-refractivity contribution in [2.45, 2.75) is 0 Å². The van der Waals surface area contributed by atoms with Crippen LogP contribution < -0.4 is 10.6 Å². The molecular weight excluding hydrogens is 280 g/mol. The lowest BCUT2D eigenvalue weighted by Gasteiger charge is -2.15.